The molecule has 0 spiro atoms. The van der Waals surface area contributed by atoms with Gasteiger partial charge in [-0.25, -0.2) is 14.5 Å². The second-order valence-electron chi connectivity index (χ2n) is 7.04. The minimum Gasteiger partial charge on any atom is -0.465 e. The molecule has 2 aromatic rings. The predicted octanol–water partition coefficient (Wildman–Crippen LogP) is 1.96. The maximum absolute atomic E-state index is 10.6. The average Bonchev–Trinajstić information content (AvgIpc) is 2.97. The lowest BCUT2D eigenvalue weighted by molar-refractivity contribution is 0.00578. The van der Waals surface area contributed by atoms with Gasteiger partial charge in [0.2, 0.25) is 0 Å². The number of aryl methyl sites for hydroxylation is 1. The average molecular weight is 344 g/mol. The second-order valence-corrected chi connectivity index (χ2v) is 7.04. The molecule has 0 bridgehead atoms. The summed E-state index contributed by atoms with van der Waals surface area (Å²) in [5.74, 6) is 0.571. The fraction of sp³-hybridized carbons (Fsp3) is 0.438. The highest BCUT2D eigenvalue weighted by molar-refractivity contribution is 6.62. The summed E-state index contributed by atoms with van der Waals surface area (Å²) in [5.41, 5.74) is 1.18. The van der Waals surface area contributed by atoms with Crippen LogP contribution in [0.2, 0.25) is 0 Å². The van der Waals surface area contributed by atoms with E-state index in [4.69, 9.17) is 14.4 Å². The first-order chi connectivity index (χ1) is 11.6. The van der Waals surface area contributed by atoms with Crippen molar-refractivity contribution >= 4 is 24.4 Å². The molecule has 1 fully saturated rings. The number of carbonyl (C=O) groups is 1. The first-order valence-corrected chi connectivity index (χ1v) is 7.97. The Morgan fingerprint density at radius 3 is 2.40 bits per heavy atom. The molecule has 132 valence electrons. The van der Waals surface area contributed by atoms with Gasteiger partial charge in [-0.2, -0.15) is 5.10 Å². The molecule has 8 nitrogen and oxygen atoms in total. The normalized spacial score (nSPS) is 18.4. The van der Waals surface area contributed by atoms with Crippen molar-refractivity contribution in [2.24, 2.45) is 0 Å². The van der Waals surface area contributed by atoms with E-state index < -0.39 is 24.4 Å². The van der Waals surface area contributed by atoms with Crippen LogP contribution in [-0.2, 0) is 9.31 Å². The molecule has 0 aliphatic carbocycles. The van der Waals surface area contributed by atoms with Crippen LogP contribution in [0.5, 0.6) is 0 Å². The van der Waals surface area contributed by atoms with Crippen molar-refractivity contribution in [2.45, 2.75) is 45.8 Å². The standard InChI is InChI=1S/C16H21BN4O4/c1-10-12(17-24-15(2,3)16(4,5)25-17)9-21(20-10)13-7-6-11(8-18-13)19-14(22)23/h6-9,19H,1-5H3,(H,22,23). The van der Waals surface area contributed by atoms with Gasteiger partial charge in [0.25, 0.3) is 0 Å². The number of hydrogen-bond acceptors (Lipinski definition) is 5. The Labute approximate surface area is 146 Å². The minimum absolute atomic E-state index is 0.395. The third-order valence-corrected chi connectivity index (χ3v) is 4.68. The zero-order valence-electron chi connectivity index (χ0n) is 14.9. The summed E-state index contributed by atoms with van der Waals surface area (Å²) in [5, 5.41) is 15.4. The quantitative estimate of drug-likeness (QED) is 0.826. The fourth-order valence-corrected chi connectivity index (χ4v) is 2.51. The smallest absolute Gasteiger partial charge is 0.465 e. The molecule has 2 N–H and O–H groups in total. The number of pyridine rings is 1. The van der Waals surface area contributed by atoms with E-state index in [1.54, 1.807) is 16.8 Å². The highest BCUT2D eigenvalue weighted by atomic mass is 16.7. The topological polar surface area (TPSA) is 98.5 Å². The molecule has 0 saturated carbocycles. The summed E-state index contributed by atoms with van der Waals surface area (Å²) >= 11 is 0. The van der Waals surface area contributed by atoms with Crippen LogP contribution in [0.25, 0.3) is 5.82 Å². The predicted molar refractivity (Wildman–Crippen MR) is 93.5 cm³/mol. The highest BCUT2D eigenvalue weighted by Crippen LogP contribution is 2.36. The molecule has 1 amide bonds. The van der Waals surface area contributed by atoms with E-state index in [9.17, 15) is 4.79 Å². The lowest BCUT2D eigenvalue weighted by Crippen LogP contribution is -2.41. The Balaban J connectivity index is 1.85. The van der Waals surface area contributed by atoms with Gasteiger partial charge in [0, 0.05) is 11.7 Å². The van der Waals surface area contributed by atoms with Crippen LogP contribution in [0.3, 0.4) is 0 Å². The summed E-state index contributed by atoms with van der Waals surface area (Å²) in [7, 11) is -0.494. The molecular formula is C16H21BN4O4. The highest BCUT2D eigenvalue weighted by Gasteiger charge is 2.52. The number of amides is 1. The SMILES string of the molecule is Cc1nn(-c2ccc(NC(=O)O)cn2)cc1B1OC(C)(C)C(C)(C)O1. The molecule has 9 heteroatoms. The molecule has 0 radical (unpaired) electrons. The zero-order valence-corrected chi connectivity index (χ0v) is 14.9. The van der Waals surface area contributed by atoms with E-state index in [0.29, 0.717) is 11.5 Å². The largest absolute Gasteiger partial charge is 0.498 e. The van der Waals surface area contributed by atoms with Crippen molar-refractivity contribution in [2.75, 3.05) is 5.32 Å². The second kappa shape index (κ2) is 5.85. The maximum atomic E-state index is 10.6. The van der Waals surface area contributed by atoms with Crippen LogP contribution in [0, 0.1) is 6.92 Å². The summed E-state index contributed by atoms with van der Waals surface area (Å²) in [6.45, 7) is 9.90. The Kier molecular flexibility index (Phi) is 4.08. The van der Waals surface area contributed by atoms with Gasteiger partial charge in [0.05, 0.1) is 28.8 Å². The Morgan fingerprint density at radius 2 is 1.88 bits per heavy atom. The molecular weight excluding hydrogens is 323 g/mol. The van der Waals surface area contributed by atoms with Crippen molar-refractivity contribution in [1.29, 1.82) is 0 Å². The van der Waals surface area contributed by atoms with E-state index in [1.165, 1.54) is 6.20 Å². The maximum Gasteiger partial charge on any atom is 0.498 e. The molecule has 0 aromatic carbocycles. The van der Waals surface area contributed by atoms with Gasteiger partial charge < -0.3 is 14.4 Å². The number of anilines is 1. The summed E-state index contributed by atoms with van der Waals surface area (Å²) in [6.07, 6.45) is 2.13. The number of hydrogen-bond donors (Lipinski definition) is 2. The van der Waals surface area contributed by atoms with Crippen molar-refractivity contribution in [3.63, 3.8) is 0 Å². The van der Waals surface area contributed by atoms with E-state index in [2.05, 4.69) is 15.4 Å². The number of rotatable bonds is 3. The number of nitrogens with one attached hydrogen (secondary N) is 1. The molecule has 3 heterocycles. The van der Waals surface area contributed by atoms with Crippen LogP contribution in [0.4, 0.5) is 10.5 Å². The summed E-state index contributed by atoms with van der Waals surface area (Å²) in [6, 6.07) is 3.31. The first kappa shape index (κ1) is 17.4. The fourth-order valence-electron chi connectivity index (χ4n) is 2.51. The van der Waals surface area contributed by atoms with E-state index in [1.807, 2.05) is 40.8 Å². The molecule has 2 aromatic heterocycles. The van der Waals surface area contributed by atoms with E-state index >= 15 is 0 Å². The van der Waals surface area contributed by atoms with Crippen molar-refractivity contribution in [3.8, 4) is 5.82 Å². The van der Waals surface area contributed by atoms with Gasteiger partial charge in [-0.15, -0.1) is 0 Å². The lowest BCUT2D eigenvalue weighted by atomic mass is 9.79. The lowest BCUT2D eigenvalue weighted by Gasteiger charge is -2.32. The Bertz CT molecular complexity index is 785. The summed E-state index contributed by atoms with van der Waals surface area (Å²) < 4.78 is 13.8. The van der Waals surface area contributed by atoms with Gasteiger partial charge in [0.15, 0.2) is 5.82 Å². The van der Waals surface area contributed by atoms with Gasteiger partial charge in [-0.1, -0.05) is 0 Å². The zero-order chi connectivity index (χ0) is 18.4. The third-order valence-electron chi connectivity index (χ3n) is 4.68. The molecule has 3 rings (SSSR count). The number of aromatic nitrogens is 3. The summed E-state index contributed by atoms with van der Waals surface area (Å²) in [4.78, 5) is 14.9. The van der Waals surface area contributed by atoms with Gasteiger partial charge >= 0.3 is 13.2 Å². The van der Waals surface area contributed by atoms with Gasteiger partial charge in [0.1, 0.15) is 0 Å². The number of carboxylic acid groups (broad SMARTS) is 1. The van der Waals surface area contributed by atoms with Crippen molar-refractivity contribution in [1.82, 2.24) is 14.8 Å². The first-order valence-electron chi connectivity index (χ1n) is 7.97. The Hall–Kier alpha value is -2.39. The van der Waals surface area contributed by atoms with E-state index in [-0.39, 0.29) is 0 Å². The van der Waals surface area contributed by atoms with Crippen LogP contribution in [-0.4, -0.2) is 44.3 Å². The third kappa shape index (κ3) is 3.25. The van der Waals surface area contributed by atoms with Crippen LogP contribution < -0.4 is 10.8 Å². The Morgan fingerprint density at radius 1 is 1.24 bits per heavy atom. The molecule has 1 aliphatic heterocycles. The molecule has 0 unspecified atom stereocenters. The molecule has 1 saturated heterocycles. The van der Waals surface area contributed by atoms with Crippen LogP contribution >= 0.6 is 0 Å². The van der Waals surface area contributed by atoms with Gasteiger partial charge in [-0.3, -0.25) is 5.32 Å². The van der Waals surface area contributed by atoms with Gasteiger partial charge in [-0.05, 0) is 46.8 Å². The minimum atomic E-state index is -1.13. The number of nitrogens with zero attached hydrogens (tertiary/aromatic N) is 3. The molecule has 0 atom stereocenters. The van der Waals surface area contributed by atoms with Crippen molar-refractivity contribution < 1.29 is 19.2 Å². The van der Waals surface area contributed by atoms with Crippen molar-refractivity contribution in [3.05, 3.63) is 30.2 Å². The van der Waals surface area contributed by atoms with Crippen LogP contribution in [0.15, 0.2) is 24.5 Å². The molecule has 25 heavy (non-hydrogen) atoms. The van der Waals surface area contributed by atoms with Crippen LogP contribution in [0.1, 0.15) is 33.4 Å². The van der Waals surface area contributed by atoms with E-state index in [0.717, 1.165) is 11.2 Å². The molecule has 1 aliphatic rings. The monoisotopic (exact) mass is 344 g/mol.